The highest BCUT2D eigenvalue weighted by molar-refractivity contribution is 5.85. The molecule has 2 rings (SSSR count). The molecule has 1 aromatic heterocycles. The third-order valence-corrected chi connectivity index (χ3v) is 2.60. The minimum atomic E-state index is 0. The molecule has 1 atom stereocenters. The summed E-state index contributed by atoms with van der Waals surface area (Å²) in [6.45, 7) is 8.07. The molecular weight excluding hydrogens is 247 g/mol. The van der Waals surface area contributed by atoms with Crippen LogP contribution in [0.4, 0.5) is 0 Å². The number of hydrogen-bond donors (Lipinski definition) is 1. The first-order valence-corrected chi connectivity index (χ1v) is 5.02. The van der Waals surface area contributed by atoms with Crippen molar-refractivity contribution < 1.29 is 4.42 Å². The fourth-order valence-electron chi connectivity index (χ4n) is 1.87. The SMILES string of the molecule is C=C[C@H](c1ccco1)N1CCNCC1.Cl.Cl. The van der Waals surface area contributed by atoms with Crippen LogP contribution in [0.15, 0.2) is 35.5 Å². The van der Waals surface area contributed by atoms with Gasteiger partial charge in [-0.2, -0.15) is 0 Å². The van der Waals surface area contributed by atoms with Crippen LogP contribution < -0.4 is 5.32 Å². The van der Waals surface area contributed by atoms with E-state index in [0.717, 1.165) is 31.9 Å². The fourth-order valence-corrected chi connectivity index (χ4v) is 1.87. The van der Waals surface area contributed by atoms with Crippen LogP contribution >= 0.6 is 24.8 Å². The van der Waals surface area contributed by atoms with Gasteiger partial charge in [0.05, 0.1) is 12.3 Å². The summed E-state index contributed by atoms with van der Waals surface area (Å²) < 4.78 is 5.41. The molecule has 2 heterocycles. The van der Waals surface area contributed by atoms with Gasteiger partial charge in [-0.1, -0.05) is 6.08 Å². The summed E-state index contributed by atoms with van der Waals surface area (Å²) in [5, 5.41) is 3.33. The summed E-state index contributed by atoms with van der Waals surface area (Å²) in [6.07, 6.45) is 3.66. The first kappa shape index (κ1) is 15.5. The molecule has 16 heavy (non-hydrogen) atoms. The van der Waals surface area contributed by atoms with Gasteiger partial charge in [-0.3, -0.25) is 4.90 Å². The van der Waals surface area contributed by atoms with E-state index >= 15 is 0 Å². The van der Waals surface area contributed by atoms with Crippen molar-refractivity contribution in [1.82, 2.24) is 10.2 Å². The Morgan fingerprint density at radius 3 is 2.56 bits per heavy atom. The van der Waals surface area contributed by atoms with Crippen molar-refractivity contribution in [2.45, 2.75) is 6.04 Å². The molecule has 1 N–H and O–H groups in total. The van der Waals surface area contributed by atoms with Gasteiger partial charge in [0.15, 0.2) is 0 Å². The zero-order valence-electron chi connectivity index (χ0n) is 9.09. The van der Waals surface area contributed by atoms with Gasteiger partial charge >= 0.3 is 0 Å². The summed E-state index contributed by atoms with van der Waals surface area (Å²) in [5.74, 6) is 0.988. The van der Waals surface area contributed by atoms with Crippen LogP contribution in [0.2, 0.25) is 0 Å². The number of rotatable bonds is 3. The van der Waals surface area contributed by atoms with E-state index in [4.69, 9.17) is 4.42 Å². The highest BCUT2D eigenvalue weighted by Gasteiger charge is 2.20. The second-order valence-corrected chi connectivity index (χ2v) is 3.48. The third kappa shape index (κ3) is 3.52. The summed E-state index contributed by atoms with van der Waals surface area (Å²) >= 11 is 0. The smallest absolute Gasteiger partial charge is 0.124 e. The molecule has 5 heteroatoms. The third-order valence-electron chi connectivity index (χ3n) is 2.60. The molecule has 0 radical (unpaired) electrons. The monoisotopic (exact) mass is 264 g/mol. The van der Waals surface area contributed by atoms with E-state index in [1.54, 1.807) is 6.26 Å². The number of furan rings is 1. The average molecular weight is 265 g/mol. The maximum Gasteiger partial charge on any atom is 0.124 e. The van der Waals surface area contributed by atoms with E-state index < -0.39 is 0 Å². The van der Waals surface area contributed by atoms with E-state index in [2.05, 4.69) is 16.8 Å². The molecule has 0 amide bonds. The lowest BCUT2D eigenvalue weighted by Crippen LogP contribution is -2.44. The van der Waals surface area contributed by atoms with Crippen LogP contribution in [0, 0.1) is 0 Å². The molecule has 1 aliphatic heterocycles. The van der Waals surface area contributed by atoms with Gasteiger partial charge in [0.1, 0.15) is 5.76 Å². The van der Waals surface area contributed by atoms with E-state index in [9.17, 15) is 0 Å². The van der Waals surface area contributed by atoms with Gasteiger partial charge < -0.3 is 9.73 Å². The molecule has 1 saturated heterocycles. The molecule has 0 spiro atoms. The molecule has 0 bridgehead atoms. The lowest BCUT2D eigenvalue weighted by molar-refractivity contribution is 0.185. The molecule has 0 unspecified atom stereocenters. The first-order chi connectivity index (χ1) is 6.92. The van der Waals surface area contributed by atoms with Crippen molar-refractivity contribution in [2.75, 3.05) is 26.2 Å². The predicted molar refractivity (Wildman–Crippen MR) is 70.6 cm³/mol. The van der Waals surface area contributed by atoms with E-state index in [1.807, 2.05) is 18.2 Å². The Morgan fingerprint density at radius 2 is 2.06 bits per heavy atom. The second kappa shape index (κ2) is 7.74. The number of hydrogen-bond acceptors (Lipinski definition) is 3. The number of halogens is 2. The van der Waals surface area contributed by atoms with Gasteiger partial charge in [-0.05, 0) is 12.1 Å². The minimum Gasteiger partial charge on any atom is -0.467 e. The quantitative estimate of drug-likeness (QED) is 0.850. The van der Waals surface area contributed by atoms with E-state index in [0.29, 0.717) is 0 Å². The largest absolute Gasteiger partial charge is 0.467 e. The second-order valence-electron chi connectivity index (χ2n) is 3.48. The summed E-state index contributed by atoms with van der Waals surface area (Å²) in [6, 6.07) is 4.16. The van der Waals surface area contributed by atoms with Crippen molar-refractivity contribution in [3.05, 3.63) is 36.8 Å². The Hall–Kier alpha value is -0.480. The lowest BCUT2D eigenvalue weighted by Gasteiger charge is -2.31. The Kier molecular flexibility index (Phi) is 7.51. The Morgan fingerprint density at radius 1 is 1.38 bits per heavy atom. The molecule has 3 nitrogen and oxygen atoms in total. The normalized spacial score (nSPS) is 18.0. The molecule has 92 valence electrons. The van der Waals surface area contributed by atoms with Crippen molar-refractivity contribution in [1.29, 1.82) is 0 Å². The molecular formula is C11H18Cl2N2O. The number of piperazine rings is 1. The highest BCUT2D eigenvalue weighted by atomic mass is 35.5. The molecule has 1 fully saturated rings. The zero-order valence-corrected chi connectivity index (χ0v) is 10.7. The van der Waals surface area contributed by atoms with Crippen molar-refractivity contribution in [2.24, 2.45) is 0 Å². The van der Waals surface area contributed by atoms with E-state index in [1.165, 1.54) is 0 Å². The van der Waals surface area contributed by atoms with Gasteiger partial charge in [-0.25, -0.2) is 0 Å². The Labute approximate surface area is 109 Å². The first-order valence-electron chi connectivity index (χ1n) is 5.02. The van der Waals surface area contributed by atoms with Crippen LogP contribution in [0.1, 0.15) is 11.8 Å². The van der Waals surface area contributed by atoms with Crippen LogP contribution in [0.3, 0.4) is 0 Å². The zero-order chi connectivity index (χ0) is 9.80. The maximum absolute atomic E-state index is 5.41. The van der Waals surface area contributed by atoms with Crippen molar-refractivity contribution in [3.63, 3.8) is 0 Å². The van der Waals surface area contributed by atoms with Crippen LogP contribution in [-0.2, 0) is 0 Å². The fraction of sp³-hybridized carbons (Fsp3) is 0.455. The molecule has 0 saturated carbocycles. The molecule has 1 aromatic rings. The van der Waals surface area contributed by atoms with Crippen molar-refractivity contribution in [3.8, 4) is 0 Å². The highest BCUT2D eigenvalue weighted by Crippen LogP contribution is 2.22. The average Bonchev–Trinajstić information content (AvgIpc) is 2.74. The minimum absolute atomic E-state index is 0. The van der Waals surface area contributed by atoms with E-state index in [-0.39, 0.29) is 30.9 Å². The van der Waals surface area contributed by atoms with Crippen molar-refractivity contribution >= 4 is 24.8 Å². The summed E-state index contributed by atoms with van der Waals surface area (Å²) in [4.78, 5) is 2.38. The summed E-state index contributed by atoms with van der Waals surface area (Å²) in [7, 11) is 0. The number of nitrogens with zero attached hydrogens (tertiary/aromatic N) is 1. The summed E-state index contributed by atoms with van der Waals surface area (Å²) in [5.41, 5.74) is 0. The maximum atomic E-state index is 5.41. The van der Waals surface area contributed by atoms with Crippen LogP contribution in [0.5, 0.6) is 0 Å². The molecule has 0 aliphatic carbocycles. The Balaban J connectivity index is 0.00000112. The Bertz CT molecular complexity index is 284. The molecule has 0 aromatic carbocycles. The van der Waals surface area contributed by atoms with Gasteiger partial charge in [-0.15, -0.1) is 31.4 Å². The van der Waals surface area contributed by atoms with Crippen LogP contribution in [0.25, 0.3) is 0 Å². The van der Waals surface area contributed by atoms with Gasteiger partial charge in [0.2, 0.25) is 0 Å². The van der Waals surface area contributed by atoms with Crippen LogP contribution in [-0.4, -0.2) is 31.1 Å². The number of nitrogens with one attached hydrogen (secondary N) is 1. The standard InChI is InChI=1S/C11H16N2O.2ClH/c1-2-10(11-4-3-9-14-11)13-7-5-12-6-8-13;;/h2-4,9-10,12H,1,5-8H2;2*1H/t10-;;/m1../s1. The topological polar surface area (TPSA) is 28.4 Å². The molecule has 1 aliphatic rings. The van der Waals surface area contributed by atoms with Gasteiger partial charge in [0.25, 0.3) is 0 Å². The van der Waals surface area contributed by atoms with Gasteiger partial charge in [0, 0.05) is 26.2 Å². The predicted octanol–water partition coefficient (Wildman–Crippen LogP) is 2.26. The lowest BCUT2D eigenvalue weighted by atomic mass is 10.1.